The number of pyridine rings is 1. The molecule has 0 amide bonds. The third kappa shape index (κ3) is 2.85. The van der Waals surface area contributed by atoms with E-state index in [1.807, 2.05) is 19.1 Å². The van der Waals surface area contributed by atoms with Crippen LogP contribution in [0, 0.1) is 6.92 Å². The van der Waals surface area contributed by atoms with E-state index in [9.17, 15) is 4.79 Å². The summed E-state index contributed by atoms with van der Waals surface area (Å²) in [5.74, 6) is 0.578. The van der Waals surface area contributed by atoms with Gasteiger partial charge in [0.1, 0.15) is 5.65 Å². The molecule has 3 heterocycles. The standard InChI is InChI=1S/C20H21N3O/c1-15-6-5-10-23-19(24)12-18(21-20(15)23)14-22-11-9-17(13-22)16-7-3-2-4-8-16/h2-8,10,12,17H,9,11,13-14H2,1H3/t17-/m1/s1. The summed E-state index contributed by atoms with van der Waals surface area (Å²) in [6.45, 7) is 4.81. The second-order valence-electron chi connectivity index (χ2n) is 6.60. The maximum absolute atomic E-state index is 12.3. The summed E-state index contributed by atoms with van der Waals surface area (Å²) >= 11 is 0. The molecule has 0 saturated carbocycles. The highest BCUT2D eigenvalue weighted by atomic mass is 16.1. The maximum atomic E-state index is 12.3. The van der Waals surface area contributed by atoms with Crippen LogP contribution < -0.4 is 5.56 Å². The van der Waals surface area contributed by atoms with Crippen molar-refractivity contribution in [3.63, 3.8) is 0 Å². The minimum atomic E-state index is -0.00231. The molecule has 1 atom stereocenters. The number of aromatic nitrogens is 2. The smallest absolute Gasteiger partial charge is 0.258 e. The normalized spacial score (nSPS) is 18.3. The molecule has 122 valence electrons. The second kappa shape index (κ2) is 6.21. The van der Waals surface area contributed by atoms with Gasteiger partial charge in [0.25, 0.3) is 5.56 Å². The Morgan fingerprint density at radius 3 is 2.83 bits per heavy atom. The molecule has 1 aromatic carbocycles. The summed E-state index contributed by atoms with van der Waals surface area (Å²) in [5, 5.41) is 0. The second-order valence-corrected chi connectivity index (χ2v) is 6.60. The van der Waals surface area contributed by atoms with Gasteiger partial charge in [0, 0.05) is 25.4 Å². The Labute approximate surface area is 141 Å². The van der Waals surface area contributed by atoms with Gasteiger partial charge in [-0.25, -0.2) is 4.98 Å². The molecule has 1 saturated heterocycles. The van der Waals surface area contributed by atoms with Gasteiger partial charge in [-0.1, -0.05) is 36.4 Å². The van der Waals surface area contributed by atoms with Crippen LogP contribution in [0.1, 0.15) is 29.2 Å². The van der Waals surface area contributed by atoms with E-state index in [2.05, 4.69) is 35.2 Å². The summed E-state index contributed by atoms with van der Waals surface area (Å²) in [5.41, 5.74) is 4.06. The summed E-state index contributed by atoms with van der Waals surface area (Å²) in [4.78, 5) is 19.4. The number of hydrogen-bond donors (Lipinski definition) is 0. The van der Waals surface area contributed by atoms with Gasteiger partial charge in [-0.3, -0.25) is 14.1 Å². The van der Waals surface area contributed by atoms with Crippen molar-refractivity contribution in [1.29, 1.82) is 0 Å². The largest absolute Gasteiger partial charge is 0.297 e. The highest BCUT2D eigenvalue weighted by Gasteiger charge is 2.24. The molecule has 0 radical (unpaired) electrons. The first kappa shape index (κ1) is 15.1. The average molecular weight is 319 g/mol. The zero-order valence-corrected chi connectivity index (χ0v) is 13.9. The van der Waals surface area contributed by atoms with Gasteiger partial charge in [-0.15, -0.1) is 0 Å². The van der Waals surface area contributed by atoms with Crippen LogP contribution in [0.3, 0.4) is 0 Å². The minimum absolute atomic E-state index is 0.00231. The lowest BCUT2D eigenvalue weighted by atomic mass is 9.99. The summed E-state index contributed by atoms with van der Waals surface area (Å²) < 4.78 is 1.62. The molecule has 0 unspecified atom stereocenters. The monoisotopic (exact) mass is 319 g/mol. The van der Waals surface area contributed by atoms with Gasteiger partial charge in [-0.05, 0) is 43.0 Å². The molecule has 0 N–H and O–H groups in total. The highest BCUT2D eigenvalue weighted by molar-refractivity contribution is 5.46. The van der Waals surface area contributed by atoms with E-state index in [0.717, 1.165) is 43.0 Å². The topological polar surface area (TPSA) is 37.6 Å². The quantitative estimate of drug-likeness (QED) is 0.745. The third-order valence-electron chi connectivity index (χ3n) is 4.87. The van der Waals surface area contributed by atoms with Crippen molar-refractivity contribution in [2.24, 2.45) is 0 Å². The molecule has 2 aromatic heterocycles. The first-order valence-corrected chi connectivity index (χ1v) is 8.46. The minimum Gasteiger partial charge on any atom is -0.297 e. The first-order valence-electron chi connectivity index (χ1n) is 8.46. The molecule has 1 fully saturated rings. The molecule has 1 aliphatic heterocycles. The van der Waals surface area contributed by atoms with Crippen molar-refractivity contribution in [2.75, 3.05) is 13.1 Å². The highest BCUT2D eigenvalue weighted by Crippen LogP contribution is 2.27. The number of benzene rings is 1. The summed E-state index contributed by atoms with van der Waals surface area (Å²) in [7, 11) is 0. The summed E-state index contributed by atoms with van der Waals surface area (Å²) in [6.07, 6.45) is 2.94. The van der Waals surface area contributed by atoms with Crippen molar-refractivity contribution in [1.82, 2.24) is 14.3 Å². The van der Waals surface area contributed by atoms with E-state index in [-0.39, 0.29) is 5.56 Å². The molecule has 4 nitrogen and oxygen atoms in total. The lowest BCUT2D eigenvalue weighted by molar-refractivity contribution is 0.322. The Bertz CT molecular complexity index is 917. The Morgan fingerprint density at radius 1 is 1.17 bits per heavy atom. The van der Waals surface area contributed by atoms with E-state index in [0.29, 0.717) is 5.92 Å². The third-order valence-corrected chi connectivity index (χ3v) is 4.87. The van der Waals surface area contributed by atoms with Gasteiger partial charge in [0.15, 0.2) is 0 Å². The van der Waals surface area contributed by atoms with Crippen molar-refractivity contribution in [3.05, 3.63) is 81.9 Å². The van der Waals surface area contributed by atoms with Gasteiger partial charge in [0.2, 0.25) is 0 Å². The molecule has 4 rings (SSSR count). The Balaban J connectivity index is 1.55. The van der Waals surface area contributed by atoms with Crippen molar-refractivity contribution < 1.29 is 0 Å². The SMILES string of the molecule is Cc1cccn2c(=O)cc(CN3CC[C@@H](c4ccccc4)C3)nc12. The predicted molar refractivity (Wildman–Crippen MR) is 95.3 cm³/mol. The molecular formula is C20H21N3O. The molecular weight excluding hydrogens is 298 g/mol. The number of likely N-dealkylation sites (tertiary alicyclic amines) is 1. The van der Waals surface area contributed by atoms with Crippen LogP contribution in [0.2, 0.25) is 0 Å². The van der Waals surface area contributed by atoms with E-state index < -0.39 is 0 Å². The van der Waals surface area contributed by atoms with Crippen molar-refractivity contribution in [2.45, 2.75) is 25.8 Å². The number of aryl methyl sites for hydroxylation is 1. The fourth-order valence-corrected chi connectivity index (χ4v) is 3.59. The molecule has 3 aromatic rings. The van der Waals surface area contributed by atoms with Crippen LogP contribution in [0.4, 0.5) is 0 Å². The van der Waals surface area contributed by atoms with Crippen LogP contribution in [0.5, 0.6) is 0 Å². The Kier molecular flexibility index (Phi) is 3.90. The van der Waals surface area contributed by atoms with Crippen molar-refractivity contribution >= 4 is 5.65 Å². The Hall–Kier alpha value is -2.46. The van der Waals surface area contributed by atoms with Crippen LogP contribution in [0.25, 0.3) is 5.65 Å². The number of nitrogens with zero attached hydrogens (tertiary/aromatic N) is 3. The van der Waals surface area contributed by atoms with Gasteiger partial charge in [-0.2, -0.15) is 0 Å². The molecule has 1 aliphatic rings. The zero-order chi connectivity index (χ0) is 16.5. The fraction of sp³-hybridized carbons (Fsp3) is 0.300. The number of hydrogen-bond acceptors (Lipinski definition) is 3. The van der Waals surface area contributed by atoms with Crippen LogP contribution in [0.15, 0.2) is 59.5 Å². The molecule has 4 heteroatoms. The van der Waals surface area contributed by atoms with Crippen molar-refractivity contribution in [3.8, 4) is 0 Å². The maximum Gasteiger partial charge on any atom is 0.258 e. The molecule has 0 aliphatic carbocycles. The Morgan fingerprint density at radius 2 is 2.00 bits per heavy atom. The molecule has 0 spiro atoms. The van der Waals surface area contributed by atoms with Gasteiger partial charge >= 0.3 is 0 Å². The number of fused-ring (bicyclic) bond motifs is 1. The predicted octanol–water partition coefficient (Wildman–Crippen LogP) is 2.99. The average Bonchev–Trinajstić information content (AvgIpc) is 3.05. The van der Waals surface area contributed by atoms with E-state index >= 15 is 0 Å². The van der Waals surface area contributed by atoms with Crippen LogP contribution >= 0.6 is 0 Å². The van der Waals surface area contributed by atoms with Gasteiger partial charge in [0.05, 0.1) is 5.69 Å². The molecule has 24 heavy (non-hydrogen) atoms. The van der Waals surface area contributed by atoms with E-state index in [1.165, 1.54) is 5.56 Å². The lowest BCUT2D eigenvalue weighted by Gasteiger charge is -2.16. The van der Waals surface area contributed by atoms with Gasteiger partial charge < -0.3 is 0 Å². The van der Waals surface area contributed by atoms with E-state index in [4.69, 9.17) is 4.98 Å². The van der Waals surface area contributed by atoms with Crippen LogP contribution in [-0.4, -0.2) is 27.4 Å². The van der Waals surface area contributed by atoms with E-state index in [1.54, 1.807) is 16.7 Å². The van der Waals surface area contributed by atoms with Crippen LogP contribution in [-0.2, 0) is 6.54 Å². The fourth-order valence-electron chi connectivity index (χ4n) is 3.59. The first-order chi connectivity index (χ1) is 11.7. The molecule has 0 bridgehead atoms. The lowest BCUT2D eigenvalue weighted by Crippen LogP contribution is -2.23. The zero-order valence-electron chi connectivity index (χ0n) is 13.9. The number of rotatable bonds is 3. The summed E-state index contributed by atoms with van der Waals surface area (Å²) in [6, 6.07) is 16.2.